The lowest BCUT2D eigenvalue weighted by molar-refractivity contribution is 0.102. The van der Waals surface area contributed by atoms with Crippen molar-refractivity contribution in [1.82, 2.24) is 4.98 Å². The van der Waals surface area contributed by atoms with Gasteiger partial charge in [-0.3, -0.25) is 4.79 Å². The Labute approximate surface area is 192 Å². The van der Waals surface area contributed by atoms with Crippen molar-refractivity contribution in [2.45, 2.75) is 32.8 Å². The van der Waals surface area contributed by atoms with Crippen LogP contribution in [-0.2, 0) is 12.0 Å². The maximum atomic E-state index is 13.1. The number of rotatable bonds is 4. The third kappa shape index (κ3) is 4.42. The van der Waals surface area contributed by atoms with E-state index < -0.39 is 0 Å². The molecule has 6 nitrogen and oxygen atoms in total. The summed E-state index contributed by atoms with van der Waals surface area (Å²) in [6.07, 6.45) is 1.59. The van der Waals surface area contributed by atoms with Gasteiger partial charge in [-0.1, -0.05) is 50.6 Å². The fourth-order valence-corrected chi connectivity index (χ4v) is 3.95. The number of ether oxygens (including phenoxy) is 1. The number of benzene rings is 2. The van der Waals surface area contributed by atoms with Crippen molar-refractivity contribution in [2.24, 2.45) is 0 Å². The van der Waals surface area contributed by atoms with E-state index >= 15 is 0 Å². The smallest absolute Gasteiger partial charge is 0.259 e. The fourth-order valence-electron chi connectivity index (χ4n) is 3.65. The van der Waals surface area contributed by atoms with Gasteiger partial charge in [0.05, 0.1) is 29.4 Å². The van der Waals surface area contributed by atoms with Crippen LogP contribution in [0, 0.1) is 0 Å². The molecule has 1 aliphatic heterocycles. The molecule has 3 aromatic rings. The predicted molar refractivity (Wildman–Crippen MR) is 127 cm³/mol. The molecule has 0 saturated carbocycles. The summed E-state index contributed by atoms with van der Waals surface area (Å²) in [7, 11) is 0. The number of hydrogen-bond acceptors (Lipinski definition) is 5. The molecule has 0 bridgehead atoms. The van der Waals surface area contributed by atoms with Crippen LogP contribution in [0.4, 0.5) is 17.2 Å². The minimum atomic E-state index is -0.248. The zero-order valence-corrected chi connectivity index (χ0v) is 19.1. The van der Waals surface area contributed by atoms with Crippen molar-refractivity contribution in [3.05, 3.63) is 76.4 Å². The summed E-state index contributed by atoms with van der Waals surface area (Å²) in [6, 6.07) is 15.0. The second kappa shape index (κ2) is 8.81. The maximum absolute atomic E-state index is 13.1. The number of fused-ring (bicyclic) bond motifs is 1. The lowest BCUT2D eigenvalue weighted by atomic mass is 9.87. The van der Waals surface area contributed by atoms with Gasteiger partial charge in [0.15, 0.2) is 11.6 Å². The highest BCUT2D eigenvalue weighted by Gasteiger charge is 2.27. The molecule has 1 aromatic heterocycles. The SMILES string of the molecule is CC(C)(C)c1ccc(NC(=O)c2cccc3c2OCCN3c2ncc(CO)cc2Cl)cc1. The number of amides is 1. The highest BCUT2D eigenvalue weighted by molar-refractivity contribution is 6.33. The molecule has 0 saturated heterocycles. The van der Waals surface area contributed by atoms with E-state index in [0.29, 0.717) is 40.9 Å². The molecule has 2 heterocycles. The number of aliphatic hydroxyl groups excluding tert-OH is 1. The average Bonchev–Trinajstić information content (AvgIpc) is 2.78. The van der Waals surface area contributed by atoms with E-state index in [0.717, 1.165) is 11.4 Å². The van der Waals surface area contributed by atoms with E-state index in [2.05, 4.69) is 31.1 Å². The first-order valence-electron chi connectivity index (χ1n) is 10.5. The second-order valence-electron chi connectivity index (χ2n) is 8.74. The summed E-state index contributed by atoms with van der Waals surface area (Å²) in [5.41, 5.74) is 3.76. The van der Waals surface area contributed by atoms with Gasteiger partial charge in [0.2, 0.25) is 0 Å². The van der Waals surface area contributed by atoms with Crippen LogP contribution in [0.25, 0.3) is 0 Å². The maximum Gasteiger partial charge on any atom is 0.259 e. The molecule has 0 radical (unpaired) electrons. The summed E-state index contributed by atoms with van der Waals surface area (Å²) in [5.74, 6) is 0.803. The first kappa shape index (κ1) is 22.1. The molecule has 0 aliphatic carbocycles. The van der Waals surface area contributed by atoms with Crippen molar-refractivity contribution in [3.8, 4) is 5.75 Å². The molecular weight excluding hydrogens is 426 g/mol. The minimum absolute atomic E-state index is 0.0447. The van der Waals surface area contributed by atoms with Crippen molar-refractivity contribution in [1.29, 1.82) is 0 Å². The summed E-state index contributed by atoms with van der Waals surface area (Å²) in [6.45, 7) is 7.25. The average molecular weight is 452 g/mol. The monoisotopic (exact) mass is 451 g/mol. The number of pyridine rings is 1. The molecule has 1 amide bonds. The molecule has 32 heavy (non-hydrogen) atoms. The fraction of sp³-hybridized carbons (Fsp3) is 0.280. The highest BCUT2D eigenvalue weighted by Crippen LogP contribution is 2.40. The van der Waals surface area contributed by atoms with Gasteiger partial charge in [0.25, 0.3) is 5.91 Å². The molecule has 2 N–H and O–H groups in total. The summed E-state index contributed by atoms with van der Waals surface area (Å²) in [5, 5.41) is 12.7. The van der Waals surface area contributed by atoms with E-state index in [-0.39, 0.29) is 17.9 Å². The Hall–Kier alpha value is -3.09. The van der Waals surface area contributed by atoms with Crippen LogP contribution in [0.5, 0.6) is 5.75 Å². The zero-order valence-electron chi connectivity index (χ0n) is 18.4. The Morgan fingerprint density at radius 1 is 1.22 bits per heavy atom. The largest absolute Gasteiger partial charge is 0.489 e. The van der Waals surface area contributed by atoms with E-state index in [4.69, 9.17) is 16.3 Å². The van der Waals surface area contributed by atoms with Crippen LogP contribution >= 0.6 is 11.6 Å². The topological polar surface area (TPSA) is 74.7 Å². The van der Waals surface area contributed by atoms with E-state index in [1.165, 1.54) is 5.56 Å². The number of halogens is 1. The van der Waals surface area contributed by atoms with Gasteiger partial charge in [0.1, 0.15) is 6.61 Å². The Balaban J connectivity index is 1.62. The third-order valence-electron chi connectivity index (χ3n) is 5.42. The normalized spacial score (nSPS) is 13.3. The molecule has 2 aromatic carbocycles. The molecule has 166 valence electrons. The summed E-state index contributed by atoms with van der Waals surface area (Å²) >= 11 is 6.43. The molecule has 0 unspecified atom stereocenters. The van der Waals surface area contributed by atoms with E-state index in [9.17, 15) is 9.90 Å². The molecule has 1 aliphatic rings. The van der Waals surface area contributed by atoms with Crippen LogP contribution in [0.3, 0.4) is 0 Å². The summed E-state index contributed by atoms with van der Waals surface area (Å²) < 4.78 is 5.90. The van der Waals surface area contributed by atoms with Gasteiger partial charge in [-0.2, -0.15) is 0 Å². The number of carbonyl (C=O) groups excluding carboxylic acids is 1. The van der Waals surface area contributed by atoms with Gasteiger partial charge in [-0.25, -0.2) is 4.98 Å². The van der Waals surface area contributed by atoms with Crippen LogP contribution in [-0.4, -0.2) is 29.1 Å². The third-order valence-corrected chi connectivity index (χ3v) is 5.69. The van der Waals surface area contributed by atoms with Crippen LogP contribution in [0.1, 0.15) is 42.3 Å². The number of aliphatic hydroxyl groups is 1. The van der Waals surface area contributed by atoms with Gasteiger partial charge in [-0.15, -0.1) is 0 Å². The van der Waals surface area contributed by atoms with Gasteiger partial charge in [0, 0.05) is 11.9 Å². The number of aromatic nitrogens is 1. The number of para-hydroxylation sites is 1. The molecular formula is C25H26ClN3O3. The zero-order chi connectivity index (χ0) is 22.9. The lowest BCUT2D eigenvalue weighted by Gasteiger charge is -2.32. The second-order valence-corrected chi connectivity index (χ2v) is 9.15. The number of hydrogen-bond donors (Lipinski definition) is 2. The first-order chi connectivity index (χ1) is 15.3. The van der Waals surface area contributed by atoms with Gasteiger partial charge in [-0.05, 0) is 46.9 Å². The van der Waals surface area contributed by atoms with Crippen molar-refractivity contribution >= 4 is 34.7 Å². The Morgan fingerprint density at radius 2 is 1.97 bits per heavy atom. The van der Waals surface area contributed by atoms with Crippen LogP contribution in [0.15, 0.2) is 54.7 Å². The van der Waals surface area contributed by atoms with Crippen molar-refractivity contribution < 1.29 is 14.6 Å². The van der Waals surface area contributed by atoms with Gasteiger partial charge < -0.3 is 20.1 Å². The molecule has 4 rings (SSSR count). The van der Waals surface area contributed by atoms with E-state index in [1.807, 2.05) is 41.3 Å². The number of nitrogens with zero attached hydrogens (tertiary/aromatic N) is 2. The molecule has 0 atom stereocenters. The predicted octanol–water partition coefficient (Wildman–Crippen LogP) is 5.31. The lowest BCUT2D eigenvalue weighted by Crippen LogP contribution is -2.31. The first-order valence-corrected chi connectivity index (χ1v) is 10.9. The van der Waals surface area contributed by atoms with E-state index in [1.54, 1.807) is 18.3 Å². The Kier molecular flexibility index (Phi) is 6.09. The number of carbonyl (C=O) groups is 1. The minimum Gasteiger partial charge on any atom is -0.489 e. The molecule has 0 fully saturated rings. The van der Waals surface area contributed by atoms with Crippen LogP contribution < -0.4 is 15.0 Å². The molecule has 0 spiro atoms. The number of nitrogens with one attached hydrogen (secondary N) is 1. The Bertz CT molecular complexity index is 1140. The molecule has 7 heteroatoms. The standard InChI is InChI=1S/C25H26ClN3O3/c1-25(2,3)17-7-9-18(10-8-17)28-24(31)19-5-4-6-21-22(19)32-12-11-29(21)23-20(26)13-16(15-30)14-27-23/h4-10,13-14,30H,11-12,15H2,1-3H3,(H,28,31). The van der Waals surface area contributed by atoms with Crippen LogP contribution in [0.2, 0.25) is 5.02 Å². The van der Waals surface area contributed by atoms with Crippen molar-refractivity contribution in [3.63, 3.8) is 0 Å². The summed E-state index contributed by atoms with van der Waals surface area (Å²) in [4.78, 5) is 19.4. The highest BCUT2D eigenvalue weighted by atomic mass is 35.5. The Morgan fingerprint density at radius 3 is 2.62 bits per heavy atom. The van der Waals surface area contributed by atoms with Crippen molar-refractivity contribution in [2.75, 3.05) is 23.4 Å². The van der Waals surface area contributed by atoms with Gasteiger partial charge >= 0.3 is 0 Å². The quantitative estimate of drug-likeness (QED) is 0.562. The number of anilines is 3.